The number of hydrogen-bond donors (Lipinski definition) is 1. The number of carboxylic acid groups (broad SMARTS) is 1. The molecule has 4 nitrogen and oxygen atoms in total. The lowest BCUT2D eigenvalue weighted by Crippen LogP contribution is -2.16. The highest BCUT2D eigenvalue weighted by atomic mass is 16.5. The van der Waals surface area contributed by atoms with E-state index in [0.29, 0.717) is 25.4 Å². The monoisotopic (exact) mass is 362 g/mol. The van der Waals surface area contributed by atoms with Crippen LogP contribution in [0, 0.1) is 0 Å². The van der Waals surface area contributed by atoms with Crippen LogP contribution in [0.5, 0.6) is 11.5 Å². The molecule has 0 saturated heterocycles. The molecule has 1 N–H and O–H groups in total. The van der Waals surface area contributed by atoms with Crippen LogP contribution in [0.4, 0.5) is 0 Å². The molecule has 0 saturated carbocycles. The van der Waals surface area contributed by atoms with Crippen molar-refractivity contribution < 1.29 is 19.4 Å². The largest absolute Gasteiger partial charge is 0.490 e. The van der Waals surface area contributed by atoms with Gasteiger partial charge in [-0.05, 0) is 35.7 Å². The maximum absolute atomic E-state index is 11.8. The molecule has 0 aliphatic heterocycles. The van der Waals surface area contributed by atoms with E-state index in [1.54, 1.807) is 0 Å². The van der Waals surface area contributed by atoms with Crippen molar-refractivity contribution in [3.8, 4) is 11.5 Å². The number of carboxylic acids is 1. The molecule has 4 heteroatoms. The summed E-state index contributed by atoms with van der Waals surface area (Å²) in [5, 5.41) is 9.66. The molecule has 27 heavy (non-hydrogen) atoms. The molecule has 0 aromatic heterocycles. The first-order valence-electron chi connectivity index (χ1n) is 8.90. The van der Waals surface area contributed by atoms with Gasteiger partial charge >= 0.3 is 5.97 Å². The van der Waals surface area contributed by atoms with Crippen molar-refractivity contribution in [3.63, 3.8) is 0 Å². The van der Waals surface area contributed by atoms with Gasteiger partial charge in [-0.25, -0.2) is 0 Å². The summed E-state index contributed by atoms with van der Waals surface area (Å²) < 4.78 is 11.5. The molecule has 0 amide bonds. The summed E-state index contributed by atoms with van der Waals surface area (Å²) in [4.78, 5) is 11.8. The molecule has 0 spiro atoms. The lowest BCUT2D eigenvalue weighted by Gasteiger charge is -2.16. The average molecular weight is 362 g/mol. The Morgan fingerprint density at radius 3 is 2.07 bits per heavy atom. The van der Waals surface area contributed by atoms with Crippen LogP contribution in [0.1, 0.15) is 17.0 Å². The van der Waals surface area contributed by atoms with Gasteiger partial charge in [0.05, 0.1) is 5.92 Å². The van der Waals surface area contributed by atoms with Gasteiger partial charge in [0.1, 0.15) is 24.7 Å². The Balaban J connectivity index is 1.63. The van der Waals surface area contributed by atoms with Crippen molar-refractivity contribution in [2.45, 2.75) is 12.3 Å². The zero-order valence-corrected chi connectivity index (χ0v) is 15.0. The maximum Gasteiger partial charge on any atom is 0.311 e. The molecular formula is C23H22O4. The number of ether oxygens (including phenoxy) is 2. The van der Waals surface area contributed by atoms with Crippen LogP contribution in [0.25, 0.3) is 0 Å². The van der Waals surface area contributed by atoms with Gasteiger partial charge in [0.2, 0.25) is 0 Å². The number of aliphatic carboxylic acids is 1. The maximum atomic E-state index is 11.8. The Morgan fingerprint density at radius 2 is 1.37 bits per heavy atom. The fraction of sp³-hybridized carbons (Fsp3) is 0.174. The first-order chi connectivity index (χ1) is 13.2. The van der Waals surface area contributed by atoms with E-state index in [1.165, 1.54) is 0 Å². The minimum absolute atomic E-state index is 0.370. The fourth-order valence-corrected chi connectivity index (χ4v) is 2.89. The summed E-state index contributed by atoms with van der Waals surface area (Å²) in [6.07, 6.45) is 0.370. The van der Waals surface area contributed by atoms with Crippen molar-refractivity contribution in [2.75, 3.05) is 13.2 Å². The molecule has 0 fully saturated rings. The van der Waals surface area contributed by atoms with E-state index in [0.717, 1.165) is 16.9 Å². The van der Waals surface area contributed by atoms with E-state index in [-0.39, 0.29) is 0 Å². The number of rotatable bonds is 9. The van der Waals surface area contributed by atoms with E-state index >= 15 is 0 Å². The zero-order chi connectivity index (χ0) is 18.9. The standard InChI is InChI=1S/C23H22O4/c24-23(25)21(18-9-3-1-4-10-18)17-19-11-7-8-14-22(19)27-16-15-26-20-12-5-2-6-13-20/h1-14,21H,15-17H2,(H,24,25). The van der Waals surface area contributed by atoms with E-state index in [4.69, 9.17) is 9.47 Å². The SMILES string of the molecule is O=C(O)C(Cc1ccccc1OCCOc1ccccc1)c1ccccc1. The van der Waals surface area contributed by atoms with Crippen LogP contribution >= 0.6 is 0 Å². The first-order valence-corrected chi connectivity index (χ1v) is 8.90. The first kappa shape index (κ1) is 18.5. The van der Waals surface area contributed by atoms with Crippen LogP contribution < -0.4 is 9.47 Å². The smallest absolute Gasteiger partial charge is 0.311 e. The quantitative estimate of drug-likeness (QED) is 0.567. The van der Waals surface area contributed by atoms with Gasteiger partial charge < -0.3 is 14.6 Å². The molecule has 0 aliphatic carbocycles. The summed E-state index contributed by atoms with van der Waals surface area (Å²) in [6.45, 7) is 0.800. The summed E-state index contributed by atoms with van der Waals surface area (Å²) in [6, 6.07) is 26.4. The molecule has 0 radical (unpaired) electrons. The predicted molar refractivity (Wildman–Crippen MR) is 104 cm³/mol. The molecule has 3 aromatic rings. The van der Waals surface area contributed by atoms with Gasteiger partial charge in [0.15, 0.2) is 0 Å². The van der Waals surface area contributed by atoms with E-state index < -0.39 is 11.9 Å². The summed E-state index contributed by atoms with van der Waals surface area (Å²) in [7, 11) is 0. The Bertz CT molecular complexity index is 847. The minimum atomic E-state index is -0.844. The van der Waals surface area contributed by atoms with Crippen LogP contribution in [-0.2, 0) is 11.2 Å². The van der Waals surface area contributed by atoms with Crippen molar-refractivity contribution in [1.82, 2.24) is 0 Å². The number of para-hydroxylation sites is 2. The molecule has 0 heterocycles. The van der Waals surface area contributed by atoms with Crippen molar-refractivity contribution >= 4 is 5.97 Å². The Labute approximate surface area is 159 Å². The predicted octanol–water partition coefficient (Wildman–Crippen LogP) is 4.56. The highest BCUT2D eigenvalue weighted by Gasteiger charge is 2.21. The molecule has 1 unspecified atom stereocenters. The lowest BCUT2D eigenvalue weighted by molar-refractivity contribution is -0.138. The number of benzene rings is 3. The second kappa shape index (κ2) is 9.43. The summed E-state index contributed by atoms with van der Waals surface area (Å²) in [5.74, 6) is 0.0284. The summed E-state index contributed by atoms with van der Waals surface area (Å²) >= 11 is 0. The number of hydrogen-bond acceptors (Lipinski definition) is 3. The van der Waals surface area contributed by atoms with Crippen LogP contribution in [0.15, 0.2) is 84.9 Å². The second-order valence-corrected chi connectivity index (χ2v) is 6.12. The van der Waals surface area contributed by atoms with Gasteiger partial charge in [-0.15, -0.1) is 0 Å². The van der Waals surface area contributed by atoms with E-state index in [9.17, 15) is 9.90 Å². The Morgan fingerprint density at radius 1 is 0.778 bits per heavy atom. The molecule has 3 aromatic carbocycles. The molecule has 138 valence electrons. The Hall–Kier alpha value is -3.27. The minimum Gasteiger partial charge on any atom is -0.490 e. The van der Waals surface area contributed by atoms with Gasteiger partial charge in [-0.3, -0.25) is 4.79 Å². The fourth-order valence-electron chi connectivity index (χ4n) is 2.89. The van der Waals surface area contributed by atoms with Crippen LogP contribution in [0.3, 0.4) is 0 Å². The van der Waals surface area contributed by atoms with Crippen molar-refractivity contribution in [1.29, 1.82) is 0 Å². The molecular weight excluding hydrogens is 340 g/mol. The summed E-state index contributed by atoms with van der Waals surface area (Å²) in [5.41, 5.74) is 1.65. The third kappa shape index (κ3) is 5.35. The van der Waals surface area contributed by atoms with Crippen LogP contribution in [0.2, 0.25) is 0 Å². The second-order valence-electron chi connectivity index (χ2n) is 6.12. The highest BCUT2D eigenvalue weighted by Crippen LogP contribution is 2.27. The van der Waals surface area contributed by atoms with Gasteiger partial charge in [-0.2, -0.15) is 0 Å². The van der Waals surface area contributed by atoms with Gasteiger partial charge in [0, 0.05) is 0 Å². The molecule has 0 bridgehead atoms. The molecule has 1 atom stereocenters. The molecule has 3 rings (SSSR count). The average Bonchev–Trinajstić information content (AvgIpc) is 2.71. The van der Waals surface area contributed by atoms with Gasteiger partial charge in [-0.1, -0.05) is 66.7 Å². The Kier molecular flexibility index (Phi) is 6.47. The van der Waals surface area contributed by atoms with Crippen molar-refractivity contribution in [3.05, 3.63) is 96.1 Å². The third-order valence-corrected chi connectivity index (χ3v) is 4.25. The zero-order valence-electron chi connectivity index (χ0n) is 15.0. The third-order valence-electron chi connectivity index (χ3n) is 4.25. The highest BCUT2D eigenvalue weighted by molar-refractivity contribution is 5.76. The number of carbonyl (C=O) groups is 1. The molecule has 0 aliphatic rings. The topological polar surface area (TPSA) is 55.8 Å². The van der Waals surface area contributed by atoms with Crippen LogP contribution in [-0.4, -0.2) is 24.3 Å². The van der Waals surface area contributed by atoms with E-state index in [1.807, 2.05) is 84.9 Å². The van der Waals surface area contributed by atoms with Crippen molar-refractivity contribution in [2.24, 2.45) is 0 Å². The van der Waals surface area contributed by atoms with E-state index in [2.05, 4.69) is 0 Å². The normalized spacial score (nSPS) is 11.6. The van der Waals surface area contributed by atoms with Gasteiger partial charge in [0.25, 0.3) is 0 Å². The lowest BCUT2D eigenvalue weighted by atomic mass is 9.92.